The minimum absolute atomic E-state index is 0.0362. The van der Waals surface area contributed by atoms with Gasteiger partial charge in [0.2, 0.25) is 10.0 Å². The van der Waals surface area contributed by atoms with Gasteiger partial charge in [-0.05, 0) is 31.0 Å². The summed E-state index contributed by atoms with van der Waals surface area (Å²) in [4.78, 5) is 2.15. The quantitative estimate of drug-likeness (QED) is 0.789. The third kappa shape index (κ3) is 3.17. The number of nitrogens with zero attached hydrogens (tertiary/aromatic N) is 1. The van der Waals surface area contributed by atoms with Gasteiger partial charge in [0.15, 0.2) is 0 Å². The molecule has 7 heteroatoms. The number of sulfonamides is 1. The number of nitrogen functional groups attached to an aromatic ring is 1. The molecule has 6 nitrogen and oxygen atoms in total. The summed E-state index contributed by atoms with van der Waals surface area (Å²) in [6.45, 7) is 1.65. The van der Waals surface area contributed by atoms with E-state index in [1.165, 1.54) is 12.1 Å². The molecule has 0 bridgehead atoms. The Morgan fingerprint density at radius 2 is 2.16 bits per heavy atom. The van der Waals surface area contributed by atoms with Crippen molar-refractivity contribution in [1.82, 2.24) is 0 Å². The average Bonchev–Trinajstić information content (AvgIpc) is 2.37. The van der Waals surface area contributed by atoms with Crippen molar-refractivity contribution >= 4 is 21.4 Å². The maximum atomic E-state index is 11.3. The molecule has 0 aliphatic carbocycles. The van der Waals surface area contributed by atoms with Crippen LogP contribution in [0.1, 0.15) is 12.8 Å². The van der Waals surface area contributed by atoms with Gasteiger partial charge in [0, 0.05) is 20.2 Å². The van der Waals surface area contributed by atoms with Crippen LogP contribution in [0.25, 0.3) is 0 Å². The molecule has 0 aromatic heterocycles. The Balaban J connectivity index is 2.26. The number of nitrogens with two attached hydrogens (primary N) is 2. The van der Waals surface area contributed by atoms with Crippen LogP contribution in [-0.4, -0.2) is 34.7 Å². The van der Waals surface area contributed by atoms with E-state index in [-0.39, 0.29) is 11.0 Å². The zero-order valence-corrected chi connectivity index (χ0v) is 11.7. The van der Waals surface area contributed by atoms with E-state index in [2.05, 4.69) is 4.90 Å². The summed E-state index contributed by atoms with van der Waals surface area (Å²) < 4.78 is 27.9. The lowest BCUT2D eigenvalue weighted by atomic mass is 10.1. The van der Waals surface area contributed by atoms with Crippen LogP contribution in [0.15, 0.2) is 23.1 Å². The van der Waals surface area contributed by atoms with E-state index in [9.17, 15) is 8.42 Å². The first-order valence-corrected chi connectivity index (χ1v) is 7.66. The molecule has 1 fully saturated rings. The monoisotopic (exact) mass is 285 g/mol. The Labute approximate surface area is 113 Å². The summed E-state index contributed by atoms with van der Waals surface area (Å²) in [6.07, 6.45) is 2.24. The van der Waals surface area contributed by atoms with E-state index >= 15 is 0 Å². The number of methoxy groups -OCH3 is 1. The summed E-state index contributed by atoms with van der Waals surface area (Å²) in [7, 11) is -2.02. The highest BCUT2D eigenvalue weighted by Gasteiger charge is 2.21. The predicted octanol–water partition coefficient (Wildman–Crippen LogP) is 0.531. The molecule has 1 aromatic carbocycles. The molecule has 1 atom stereocenters. The highest BCUT2D eigenvalue weighted by Crippen LogP contribution is 2.28. The molecule has 2 rings (SSSR count). The third-order valence-electron chi connectivity index (χ3n) is 3.38. The first-order chi connectivity index (χ1) is 8.91. The van der Waals surface area contributed by atoms with Gasteiger partial charge in [-0.1, -0.05) is 0 Å². The zero-order chi connectivity index (χ0) is 14.0. The van der Waals surface area contributed by atoms with Crippen molar-refractivity contribution in [2.24, 2.45) is 5.14 Å². The fourth-order valence-corrected chi connectivity index (χ4v) is 2.90. The fourth-order valence-electron chi connectivity index (χ4n) is 2.35. The number of rotatable bonds is 3. The Kier molecular flexibility index (Phi) is 3.98. The second kappa shape index (κ2) is 5.36. The highest BCUT2D eigenvalue weighted by molar-refractivity contribution is 7.89. The molecule has 0 spiro atoms. The van der Waals surface area contributed by atoms with E-state index < -0.39 is 10.0 Å². The molecule has 0 radical (unpaired) electrons. The molecule has 106 valence electrons. The number of ether oxygens (including phenoxy) is 1. The number of benzene rings is 1. The maximum absolute atomic E-state index is 11.3. The molecule has 0 saturated carbocycles. The van der Waals surface area contributed by atoms with Crippen molar-refractivity contribution < 1.29 is 13.2 Å². The lowest BCUT2D eigenvalue weighted by Gasteiger charge is -2.34. The van der Waals surface area contributed by atoms with E-state index in [1.54, 1.807) is 13.2 Å². The van der Waals surface area contributed by atoms with Gasteiger partial charge in [-0.15, -0.1) is 0 Å². The molecule has 1 aliphatic rings. The maximum Gasteiger partial charge on any atom is 0.238 e. The first-order valence-electron chi connectivity index (χ1n) is 6.12. The van der Waals surface area contributed by atoms with Crippen molar-refractivity contribution in [1.29, 1.82) is 0 Å². The summed E-state index contributed by atoms with van der Waals surface area (Å²) in [5.74, 6) is 0. The van der Waals surface area contributed by atoms with Gasteiger partial charge in [0.25, 0.3) is 0 Å². The Morgan fingerprint density at radius 3 is 2.74 bits per heavy atom. The summed E-state index contributed by atoms with van der Waals surface area (Å²) in [5.41, 5.74) is 7.18. The molecule has 1 aliphatic heterocycles. The molecular weight excluding hydrogens is 266 g/mol. The molecule has 19 heavy (non-hydrogen) atoms. The second-order valence-corrected chi connectivity index (χ2v) is 6.27. The SMILES string of the molecule is COC1CCCN(c2ccc(S(N)(=O)=O)cc2N)C1. The van der Waals surface area contributed by atoms with Gasteiger partial charge in [0.05, 0.1) is 22.4 Å². The van der Waals surface area contributed by atoms with Gasteiger partial charge >= 0.3 is 0 Å². The van der Waals surface area contributed by atoms with Crippen molar-refractivity contribution in [2.75, 3.05) is 30.8 Å². The lowest BCUT2D eigenvalue weighted by molar-refractivity contribution is 0.0894. The predicted molar refractivity (Wildman–Crippen MR) is 74.5 cm³/mol. The standard InChI is InChI=1S/C12H19N3O3S/c1-18-9-3-2-6-15(8-9)12-5-4-10(7-11(12)13)19(14,16)17/h4-5,7,9H,2-3,6,8,13H2,1H3,(H2,14,16,17). The highest BCUT2D eigenvalue weighted by atomic mass is 32.2. The van der Waals surface area contributed by atoms with Gasteiger partial charge < -0.3 is 15.4 Å². The number of hydrogen-bond donors (Lipinski definition) is 2. The smallest absolute Gasteiger partial charge is 0.238 e. The van der Waals surface area contributed by atoms with Crippen LogP contribution in [0, 0.1) is 0 Å². The molecule has 0 amide bonds. The van der Waals surface area contributed by atoms with Crippen LogP contribution in [0.4, 0.5) is 11.4 Å². The van der Waals surface area contributed by atoms with Gasteiger partial charge in [-0.25, -0.2) is 13.6 Å². The first kappa shape index (κ1) is 14.1. The number of piperidine rings is 1. The van der Waals surface area contributed by atoms with E-state index in [0.717, 1.165) is 31.6 Å². The minimum atomic E-state index is -3.71. The van der Waals surface area contributed by atoms with Crippen LogP contribution >= 0.6 is 0 Å². The molecule has 1 heterocycles. The molecular formula is C12H19N3O3S. The summed E-state index contributed by atoms with van der Waals surface area (Å²) >= 11 is 0. The van der Waals surface area contributed by atoms with Gasteiger partial charge in [-0.3, -0.25) is 0 Å². The van der Waals surface area contributed by atoms with Crippen LogP contribution in [0.5, 0.6) is 0 Å². The van der Waals surface area contributed by atoms with E-state index in [4.69, 9.17) is 15.6 Å². The Bertz CT molecular complexity index is 559. The Morgan fingerprint density at radius 1 is 1.42 bits per heavy atom. The fraction of sp³-hybridized carbons (Fsp3) is 0.500. The van der Waals surface area contributed by atoms with E-state index in [0.29, 0.717) is 5.69 Å². The van der Waals surface area contributed by atoms with Crippen LogP contribution in [0.3, 0.4) is 0 Å². The van der Waals surface area contributed by atoms with Crippen molar-refractivity contribution in [3.05, 3.63) is 18.2 Å². The van der Waals surface area contributed by atoms with Crippen LogP contribution in [0.2, 0.25) is 0 Å². The summed E-state index contributed by atoms with van der Waals surface area (Å²) in [6, 6.07) is 4.59. The van der Waals surface area contributed by atoms with Crippen molar-refractivity contribution in [3.8, 4) is 0 Å². The second-order valence-electron chi connectivity index (χ2n) is 4.71. The summed E-state index contributed by atoms with van der Waals surface area (Å²) in [5, 5.41) is 5.08. The molecule has 1 unspecified atom stereocenters. The molecule has 1 saturated heterocycles. The van der Waals surface area contributed by atoms with Gasteiger partial charge in [0.1, 0.15) is 0 Å². The lowest BCUT2D eigenvalue weighted by Crippen LogP contribution is -2.39. The number of primary sulfonamides is 1. The van der Waals surface area contributed by atoms with Crippen molar-refractivity contribution in [3.63, 3.8) is 0 Å². The van der Waals surface area contributed by atoms with Crippen molar-refractivity contribution in [2.45, 2.75) is 23.8 Å². The number of anilines is 2. The average molecular weight is 285 g/mol. The Hall–Kier alpha value is -1.31. The minimum Gasteiger partial charge on any atom is -0.397 e. The van der Waals surface area contributed by atoms with Crippen LogP contribution in [-0.2, 0) is 14.8 Å². The zero-order valence-electron chi connectivity index (χ0n) is 10.9. The topological polar surface area (TPSA) is 98.6 Å². The molecule has 1 aromatic rings. The number of hydrogen-bond acceptors (Lipinski definition) is 5. The largest absolute Gasteiger partial charge is 0.397 e. The third-order valence-corrected chi connectivity index (χ3v) is 4.29. The van der Waals surface area contributed by atoms with Gasteiger partial charge in [-0.2, -0.15) is 0 Å². The normalized spacial score (nSPS) is 20.5. The van der Waals surface area contributed by atoms with Crippen LogP contribution < -0.4 is 15.8 Å². The van der Waals surface area contributed by atoms with E-state index in [1.807, 2.05) is 0 Å². The molecule has 4 N–H and O–H groups in total.